The topological polar surface area (TPSA) is 61.9 Å². The van der Waals surface area contributed by atoms with Crippen molar-refractivity contribution in [3.05, 3.63) is 59.7 Å². The molecule has 1 N–H and O–H groups in total. The highest BCUT2D eigenvalue weighted by molar-refractivity contribution is 5.95. The lowest BCUT2D eigenvalue weighted by atomic mass is 10.1. The zero-order chi connectivity index (χ0) is 20.7. The van der Waals surface area contributed by atoms with E-state index in [9.17, 15) is 9.59 Å². The van der Waals surface area contributed by atoms with Crippen LogP contribution in [0.5, 0.6) is 5.75 Å². The minimum atomic E-state index is -0.348. The van der Waals surface area contributed by atoms with Gasteiger partial charge < -0.3 is 15.0 Å². The van der Waals surface area contributed by atoms with E-state index in [4.69, 9.17) is 4.74 Å². The summed E-state index contributed by atoms with van der Waals surface area (Å²) in [5, 5.41) is 2.82. The fourth-order valence-corrected chi connectivity index (χ4v) is 2.79. The normalized spacial score (nSPS) is 11.8. The first-order valence-electron chi connectivity index (χ1n) is 9.25. The standard InChI is InChI=1S/C22H29N3O3/c1-16-6-10-19(11-7-16)23-21(26)15-25(4)22(27)17(2)24(3)14-18-8-12-20(28-5)13-9-18/h6-13,17H,14-15H2,1-5H3,(H,23,26)/t17-/m1/s1. The fourth-order valence-electron chi connectivity index (χ4n) is 2.79. The number of nitrogens with one attached hydrogen (secondary N) is 1. The first-order chi connectivity index (χ1) is 13.3. The Morgan fingerprint density at radius 1 is 1.04 bits per heavy atom. The Morgan fingerprint density at radius 3 is 2.21 bits per heavy atom. The molecule has 0 saturated heterocycles. The number of methoxy groups -OCH3 is 1. The first kappa shape index (κ1) is 21.4. The molecule has 1 atom stereocenters. The van der Waals surface area contributed by atoms with E-state index in [1.165, 1.54) is 4.90 Å². The highest BCUT2D eigenvalue weighted by Crippen LogP contribution is 2.14. The van der Waals surface area contributed by atoms with E-state index < -0.39 is 0 Å². The zero-order valence-electron chi connectivity index (χ0n) is 17.2. The van der Waals surface area contributed by atoms with Gasteiger partial charge >= 0.3 is 0 Å². The predicted octanol–water partition coefficient (Wildman–Crippen LogP) is 2.92. The minimum absolute atomic E-state index is 0.00737. The molecule has 0 aliphatic heterocycles. The Hall–Kier alpha value is -2.86. The Balaban J connectivity index is 1.87. The number of carbonyl (C=O) groups is 2. The second-order valence-electron chi connectivity index (χ2n) is 7.05. The molecule has 0 saturated carbocycles. The van der Waals surface area contributed by atoms with Gasteiger partial charge in [-0.25, -0.2) is 0 Å². The number of ether oxygens (including phenoxy) is 1. The van der Waals surface area contributed by atoms with Crippen molar-refractivity contribution in [1.29, 1.82) is 0 Å². The summed E-state index contributed by atoms with van der Waals surface area (Å²) in [4.78, 5) is 28.3. The molecular formula is C22H29N3O3. The van der Waals surface area contributed by atoms with Gasteiger partial charge in [0.25, 0.3) is 0 Å². The van der Waals surface area contributed by atoms with Gasteiger partial charge in [-0.3, -0.25) is 14.5 Å². The van der Waals surface area contributed by atoms with E-state index in [-0.39, 0.29) is 24.4 Å². The number of hydrogen-bond donors (Lipinski definition) is 1. The van der Waals surface area contributed by atoms with Crippen LogP contribution in [0.1, 0.15) is 18.1 Å². The van der Waals surface area contributed by atoms with Gasteiger partial charge in [-0.2, -0.15) is 0 Å². The maximum Gasteiger partial charge on any atom is 0.243 e. The first-order valence-corrected chi connectivity index (χ1v) is 9.25. The second-order valence-corrected chi connectivity index (χ2v) is 7.05. The summed E-state index contributed by atoms with van der Waals surface area (Å²) in [7, 11) is 5.18. The molecular weight excluding hydrogens is 354 g/mol. The number of hydrogen-bond acceptors (Lipinski definition) is 4. The summed E-state index contributed by atoms with van der Waals surface area (Å²) in [6.07, 6.45) is 0. The summed E-state index contributed by atoms with van der Waals surface area (Å²) >= 11 is 0. The van der Waals surface area contributed by atoms with E-state index in [2.05, 4.69) is 5.32 Å². The maximum absolute atomic E-state index is 12.7. The van der Waals surface area contributed by atoms with Crippen molar-refractivity contribution in [2.75, 3.05) is 33.1 Å². The van der Waals surface area contributed by atoms with Gasteiger partial charge in [0, 0.05) is 19.3 Å². The summed E-state index contributed by atoms with van der Waals surface area (Å²) in [5.74, 6) is 0.481. The van der Waals surface area contributed by atoms with Crippen LogP contribution in [0.15, 0.2) is 48.5 Å². The van der Waals surface area contributed by atoms with Gasteiger partial charge in [0.05, 0.1) is 19.7 Å². The molecule has 6 heteroatoms. The summed E-state index contributed by atoms with van der Waals surface area (Å²) < 4.78 is 5.16. The van der Waals surface area contributed by atoms with Crippen LogP contribution in [0.3, 0.4) is 0 Å². The average Bonchev–Trinajstić information content (AvgIpc) is 2.69. The van der Waals surface area contributed by atoms with Crippen molar-refractivity contribution in [2.45, 2.75) is 26.4 Å². The number of benzene rings is 2. The van der Waals surface area contributed by atoms with Crippen LogP contribution in [0, 0.1) is 6.92 Å². The molecule has 150 valence electrons. The third-order valence-corrected chi connectivity index (χ3v) is 4.70. The van der Waals surface area contributed by atoms with E-state index in [0.717, 1.165) is 22.6 Å². The van der Waals surface area contributed by atoms with E-state index in [1.807, 2.05) is 74.3 Å². The molecule has 6 nitrogen and oxygen atoms in total. The second kappa shape index (κ2) is 9.90. The molecule has 0 bridgehead atoms. The van der Waals surface area contributed by atoms with Crippen LogP contribution < -0.4 is 10.1 Å². The minimum Gasteiger partial charge on any atom is -0.497 e. The number of amides is 2. The van der Waals surface area contributed by atoms with Gasteiger partial charge in [0.1, 0.15) is 5.75 Å². The molecule has 0 spiro atoms. The van der Waals surface area contributed by atoms with Crippen molar-refractivity contribution in [3.8, 4) is 5.75 Å². The third-order valence-electron chi connectivity index (χ3n) is 4.70. The smallest absolute Gasteiger partial charge is 0.243 e. The van der Waals surface area contributed by atoms with Crippen LogP contribution in [-0.4, -0.2) is 55.4 Å². The quantitative estimate of drug-likeness (QED) is 0.761. The number of carbonyl (C=O) groups excluding carboxylic acids is 2. The van der Waals surface area contributed by atoms with Crippen LogP contribution in [0.25, 0.3) is 0 Å². The molecule has 0 aliphatic carbocycles. The number of anilines is 1. The average molecular weight is 383 g/mol. The van der Waals surface area contributed by atoms with E-state index >= 15 is 0 Å². The van der Waals surface area contributed by atoms with Gasteiger partial charge in [-0.15, -0.1) is 0 Å². The Bertz CT molecular complexity index is 788. The Morgan fingerprint density at radius 2 is 1.64 bits per heavy atom. The highest BCUT2D eigenvalue weighted by atomic mass is 16.5. The summed E-state index contributed by atoms with van der Waals surface area (Å²) in [5.41, 5.74) is 2.93. The van der Waals surface area contributed by atoms with Crippen molar-refractivity contribution in [1.82, 2.24) is 9.80 Å². The highest BCUT2D eigenvalue weighted by Gasteiger charge is 2.23. The molecule has 2 rings (SSSR count). The monoisotopic (exact) mass is 383 g/mol. The lowest BCUT2D eigenvalue weighted by molar-refractivity contribution is -0.137. The fraction of sp³-hybridized carbons (Fsp3) is 0.364. The van der Waals surface area contributed by atoms with Crippen molar-refractivity contribution in [3.63, 3.8) is 0 Å². The van der Waals surface area contributed by atoms with Gasteiger partial charge in [0.2, 0.25) is 11.8 Å². The lowest BCUT2D eigenvalue weighted by Crippen LogP contribution is -2.46. The lowest BCUT2D eigenvalue weighted by Gasteiger charge is -2.28. The molecule has 0 unspecified atom stereocenters. The van der Waals surface area contributed by atoms with Crippen LogP contribution in [0.4, 0.5) is 5.69 Å². The molecule has 0 heterocycles. The maximum atomic E-state index is 12.7. The Labute approximate surface area is 167 Å². The molecule has 0 fully saturated rings. The van der Waals surface area contributed by atoms with Crippen LogP contribution in [0.2, 0.25) is 0 Å². The summed E-state index contributed by atoms with van der Waals surface area (Å²) in [6, 6.07) is 15.0. The number of aryl methyl sites for hydroxylation is 1. The largest absolute Gasteiger partial charge is 0.497 e. The molecule has 0 radical (unpaired) electrons. The molecule has 0 aliphatic rings. The third kappa shape index (κ3) is 6.09. The number of nitrogens with zero attached hydrogens (tertiary/aromatic N) is 2. The van der Waals surface area contributed by atoms with Gasteiger partial charge in [0.15, 0.2) is 0 Å². The van der Waals surface area contributed by atoms with Crippen LogP contribution in [-0.2, 0) is 16.1 Å². The zero-order valence-corrected chi connectivity index (χ0v) is 17.2. The van der Waals surface area contributed by atoms with E-state index in [0.29, 0.717) is 6.54 Å². The summed E-state index contributed by atoms with van der Waals surface area (Å²) in [6.45, 7) is 4.47. The molecule has 2 aromatic rings. The molecule has 2 aromatic carbocycles. The van der Waals surface area contributed by atoms with Gasteiger partial charge in [-0.1, -0.05) is 29.8 Å². The molecule has 28 heavy (non-hydrogen) atoms. The van der Waals surface area contributed by atoms with Gasteiger partial charge in [-0.05, 0) is 50.7 Å². The number of likely N-dealkylation sites (N-methyl/N-ethyl adjacent to an activating group) is 2. The number of rotatable bonds is 8. The predicted molar refractivity (Wildman–Crippen MR) is 111 cm³/mol. The SMILES string of the molecule is COc1ccc(CN(C)[C@H](C)C(=O)N(C)CC(=O)Nc2ccc(C)cc2)cc1. The van der Waals surface area contributed by atoms with Crippen molar-refractivity contribution < 1.29 is 14.3 Å². The van der Waals surface area contributed by atoms with Crippen molar-refractivity contribution >= 4 is 17.5 Å². The Kier molecular flexibility index (Phi) is 7.58. The molecule has 0 aromatic heterocycles. The molecule has 2 amide bonds. The van der Waals surface area contributed by atoms with E-state index in [1.54, 1.807) is 14.2 Å². The van der Waals surface area contributed by atoms with Crippen molar-refractivity contribution in [2.24, 2.45) is 0 Å². The van der Waals surface area contributed by atoms with Crippen LogP contribution >= 0.6 is 0 Å².